The second kappa shape index (κ2) is 5.28. The molecule has 0 aromatic carbocycles. The van der Waals surface area contributed by atoms with E-state index in [2.05, 4.69) is 31.9 Å². The van der Waals surface area contributed by atoms with Crippen LogP contribution in [0.2, 0.25) is 0 Å². The van der Waals surface area contributed by atoms with Gasteiger partial charge >= 0.3 is 5.97 Å². The number of carboxylic acids is 1. The summed E-state index contributed by atoms with van der Waals surface area (Å²) in [6, 6.07) is 2.04. The first-order valence-electron chi connectivity index (χ1n) is 4.17. The first-order valence-corrected chi connectivity index (χ1v) is 6.57. The van der Waals surface area contributed by atoms with Crippen LogP contribution >= 0.6 is 43.2 Å². The fraction of sp³-hybridized carbons (Fsp3) is 0.444. The van der Waals surface area contributed by atoms with Gasteiger partial charge in [-0.3, -0.25) is 4.79 Å². The molecule has 0 radical (unpaired) electrons. The van der Waals surface area contributed by atoms with Crippen LogP contribution < -0.4 is 0 Å². The molecule has 0 aliphatic carbocycles. The molecule has 1 heterocycles. The van der Waals surface area contributed by atoms with Crippen LogP contribution in [0.25, 0.3) is 0 Å². The van der Waals surface area contributed by atoms with Crippen LogP contribution in [0.5, 0.6) is 0 Å². The molecule has 1 atom stereocenters. The molecular weight excluding hydrogens is 332 g/mol. The standard InChI is InChI=1S/C9H10Br2O2S/c1-5(2-3-8(12)13)7-4-6(10)9(11)14-7/h4-5H,2-3H2,1H3,(H,12,13). The Morgan fingerprint density at radius 3 is 2.71 bits per heavy atom. The molecule has 5 heteroatoms. The van der Waals surface area contributed by atoms with Crippen LogP contribution in [0, 0.1) is 0 Å². The first kappa shape index (κ1) is 12.2. The van der Waals surface area contributed by atoms with Crippen LogP contribution in [0.15, 0.2) is 14.3 Å². The Bertz CT molecular complexity index is 316. The van der Waals surface area contributed by atoms with E-state index in [9.17, 15) is 4.79 Å². The maximum atomic E-state index is 10.4. The molecule has 14 heavy (non-hydrogen) atoms. The fourth-order valence-corrected chi connectivity index (χ4v) is 3.26. The number of thiophene rings is 1. The summed E-state index contributed by atoms with van der Waals surface area (Å²) >= 11 is 8.48. The molecule has 0 saturated heterocycles. The summed E-state index contributed by atoms with van der Waals surface area (Å²) in [5.41, 5.74) is 0. The highest BCUT2D eigenvalue weighted by Gasteiger charge is 2.12. The molecule has 0 amide bonds. The van der Waals surface area contributed by atoms with E-state index < -0.39 is 5.97 Å². The molecule has 1 unspecified atom stereocenters. The predicted molar refractivity (Wildman–Crippen MR) is 65.0 cm³/mol. The number of hydrogen-bond donors (Lipinski definition) is 1. The molecule has 78 valence electrons. The van der Waals surface area contributed by atoms with Gasteiger partial charge in [0.25, 0.3) is 0 Å². The lowest BCUT2D eigenvalue weighted by atomic mass is 10.0. The van der Waals surface area contributed by atoms with Crippen molar-refractivity contribution in [2.75, 3.05) is 0 Å². The van der Waals surface area contributed by atoms with Gasteiger partial charge in [0.05, 0.1) is 3.79 Å². The molecule has 0 saturated carbocycles. The van der Waals surface area contributed by atoms with Crippen molar-refractivity contribution >= 4 is 49.2 Å². The highest BCUT2D eigenvalue weighted by Crippen LogP contribution is 2.37. The highest BCUT2D eigenvalue weighted by atomic mass is 79.9. The monoisotopic (exact) mass is 340 g/mol. The van der Waals surface area contributed by atoms with Gasteiger partial charge in [0.15, 0.2) is 0 Å². The van der Waals surface area contributed by atoms with E-state index in [1.807, 2.05) is 13.0 Å². The number of aliphatic carboxylic acids is 1. The minimum absolute atomic E-state index is 0.230. The number of rotatable bonds is 4. The van der Waals surface area contributed by atoms with E-state index in [-0.39, 0.29) is 6.42 Å². The van der Waals surface area contributed by atoms with E-state index in [4.69, 9.17) is 5.11 Å². The zero-order valence-corrected chi connectivity index (χ0v) is 11.6. The van der Waals surface area contributed by atoms with E-state index in [0.29, 0.717) is 12.3 Å². The lowest BCUT2D eigenvalue weighted by Gasteiger charge is -2.05. The van der Waals surface area contributed by atoms with Crippen molar-refractivity contribution in [1.82, 2.24) is 0 Å². The van der Waals surface area contributed by atoms with Gasteiger partial charge < -0.3 is 5.11 Å². The summed E-state index contributed by atoms with van der Waals surface area (Å²) in [7, 11) is 0. The minimum atomic E-state index is -0.730. The molecule has 1 N–H and O–H groups in total. The van der Waals surface area contributed by atoms with Crippen molar-refractivity contribution in [1.29, 1.82) is 0 Å². The predicted octanol–water partition coefficient (Wildman–Crippen LogP) is 4.24. The quantitative estimate of drug-likeness (QED) is 0.889. The summed E-state index contributed by atoms with van der Waals surface area (Å²) < 4.78 is 2.11. The second-order valence-corrected chi connectivity index (χ2v) is 6.36. The summed E-state index contributed by atoms with van der Waals surface area (Å²) in [4.78, 5) is 11.6. The van der Waals surface area contributed by atoms with Crippen LogP contribution in [-0.4, -0.2) is 11.1 Å². The molecule has 0 aliphatic rings. The second-order valence-electron chi connectivity index (χ2n) is 3.10. The Hall–Kier alpha value is 0.130. The van der Waals surface area contributed by atoms with Gasteiger partial charge in [-0.25, -0.2) is 0 Å². The van der Waals surface area contributed by atoms with Crippen LogP contribution in [-0.2, 0) is 4.79 Å². The minimum Gasteiger partial charge on any atom is -0.481 e. The molecular formula is C9H10Br2O2S. The molecule has 0 fully saturated rings. The topological polar surface area (TPSA) is 37.3 Å². The summed E-state index contributed by atoms with van der Waals surface area (Å²) in [5.74, 6) is -0.426. The Kier molecular flexibility index (Phi) is 4.60. The van der Waals surface area contributed by atoms with Gasteiger partial charge in [0.1, 0.15) is 0 Å². The van der Waals surface area contributed by atoms with Crippen molar-refractivity contribution in [3.8, 4) is 0 Å². The van der Waals surface area contributed by atoms with E-state index in [1.54, 1.807) is 11.3 Å². The van der Waals surface area contributed by atoms with Crippen molar-refractivity contribution < 1.29 is 9.90 Å². The normalized spacial score (nSPS) is 12.8. The number of hydrogen-bond acceptors (Lipinski definition) is 2. The SMILES string of the molecule is CC(CCC(=O)O)c1cc(Br)c(Br)s1. The Balaban J connectivity index is 2.60. The van der Waals surface area contributed by atoms with Gasteiger partial charge in [0, 0.05) is 15.8 Å². The molecule has 1 aromatic rings. The number of carbonyl (C=O) groups is 1. The zero-order valence-electron chi connectivity index (χ0n) is 7.59. The first-order chi connectivity index (χ1) is 6.50. The maximum Gasteiger partial charge on any atom is 0.303 e. The van der Waals surface area contributed by atoms with Gasteiger partial charge in [-0.2, -0.15) is 0 Å². The van der Waals surface area contributed by atoms with Crippen LogP contribution in [0.1, 0.15) is 30.6 Å². The van der Waals surface area contributed by atoms with Gasteiger partial charge in [-0.05, 0) is 50.3 Å². The Morgan fingerprint density at radius 1 is 1.64 bits per heavy atom. The molecule has 1 rings (SSSR count). The molecule has 0 aliphatic heterocycles. The van der Waals surface area contributed by atoms with Gasteiger partial charge in [-0.15, -0.1) is 11.3 Å². The van der Waals surface area contributed by atoms with Crippen molar-refractivity contribution in [3.05, 3.63) is 19.2 Å². The average molecular weight is 342 g/mol. The average Bonchev–Trinajstić information content (AvgIpc) is 2.43. The third-order valence-electron chi connectivity index (χ3n) is 1.94. The number of carboxylic acid groups (broad SMARTS) is 1. The number of halogens is 2. The molecule has 0 bridgehead atoms. The molecule has 1 aromatic heterocycles. The van der Waals surface area contributed by atoms with Crippen molar-refractivity contribution in [3.63, 3.8) is 0 Å². The molecule has 2 nitrogen and oxygen atoms in total. The van der Waals surface area contributed by atoms with Crippen molar-refractivity contribution in [2.45, 2.75) is 25.7 Å². The Morgan fingerprint density at radius 2 is 2.29 bits per heavy atom. The van der Waals surface area contributed by atoms with Gasteiger partial charge in [-0.1, -0.05) is 6.92 Å². The van der Waals surface area contributed by atoms with E-state index in [0.717, 1.165) is 8.26 Å². The van der Waals surface area contributed by atoms with E-state index >= 15 is 0 Å². The summed E-state index contributed by atoms with van der Waals surface area (Å²) in [6.07, 6.45) is 0.920. The Labute approximate surface area is 104 Å². The van der Waals surface area contributed by atoms with Crippen LogP contribution in [0.3, 0.4) is 0 Å². The lowest BCUT2D eigenvalue weighted by Crippen LogP contribution is -1.98. The third-order valence-corrected chi connectivity index (χ3v) is 5.43. The van der Waals surface area contributed by atoms with Crippen molar-refractivity contribution in [2.24, 2.45) is 0 Å². The third kappa shape index (κ3) is 3.37. The smallest absolute Gasteiger partial charge is 0.303 e. The summed E-state index contributed by atoms with van der Waals surface area (Å²) in [5, 5.41) is 8.55. The van der Waals surface area contributed by atoms with Crippen LogP contribution in [0.4, 0.5) is 0 Å². The largest absolute Gasteiger partial charge is 0.481 e. The summed E-state index contributed by atoms with van der Waals surface area (Å²) in [6.45, 7) is 2.05. The zero-order chi connectivity index (χ0) is 10.7. The molecule has 0 spiro atoms. The fourth-order valence-electron chi connectivity index (χ4n) is 1.09. The lowest BCUT2D eigenvalue weighted by molar-refractivity contribution is -0.137. The maximum absolute atomic E-state index is 10.4. The van der Waals surface area contributed by atoms with E-state index in [1.165, 1.54) is 4.88 Å². The van der Waals surface area contributed by atoms with Gasteiger partial charge in [0.2, 0.25) is 0 Å². The highest BCUT2D eigenvalue weighted by molar-refractivity contribution is 9.13.